The molecule has 2 aromatic carbocycles. The van der Waals surface area contributed by atoms with Gasteiger partial charge in [0.25, 0.3) is 0 Å². The van der Waals surface area contributed by atoms with Gasteiger partial charge in [-0.1, -0.05) is 37.1 Å². The van der Waals surface area contributed by atoms with Crippen LogP contribution in [-0.4, -0.2) is 60.8 Å². The van der Waals surface area contributed by atoms with Gasteiger partial charge in [-0.25, -0.2) is 4.98 Å². The van der Waals surface area contributed by atoms with Crippen LogP contribution in [0.3, 0.4) is 0 Å². The molecule has 40 heavy (non-hydrogen) atoms. The molecule has 1 aliphatic heterocycles. The van der Waals surface area contributed by atoms with Gasteiger partial charge in [-0.15, -0.1) is 0 Å². The molecule has 2 fully saturated rings. The van der Waals surface area contributed by atoms with Crippen molar-refractivity contribution in [1.82, 2.24) is 14.9 Å². The third-order valence-electron chi connectivity index (χ3n) is 8.68. The van der Waals surface area contributed by atoms with Crippen molar-refractivity contribution < 1.29 is 9.47 Å². The monoisotopic (exact) mass is 561 g/mol. The molecule has 212 valence electrons. The number of rotatable bonds is 9. The molecule has 2 heterocycles. The Bertz CT molecular complexity index is 1310. The highest BCUT2D eigenvalue weighted by Gasteiger charge is 2.27. The molecule has 1 saturated carbocycles. The summed E-state index contributed by atoms with van der Waals surface area (Å²) in [5.74, 6) is 3.83. The first kappa shape index (κ1) is 27.3. The summed E-state index contributed by atoms with van der Waals surface area (Å²) in [6.07, 6.45) is 5.84. The predicted molar refractivity (Wildman–Crippen MR) is 161 cm³/mol. The first-order chi connectivity index (χ1) is 19.5. The maximum Gasteiger partial charge on any atom is 0.222 e. The molecule has 0 bridgehead atoms. The van der Waals surface area contributed by atoms with E-state index in [4.69, 9.17) is 36.8 Å². The van der Waals surface area contributed by atoms with Crippen LogP contribution in [0, 0.1) is 11.8 Å². The summed E-state index contributed by atoms with van der Waals surface area (Å²) < 4.78 is 12.1. The Morgan fingerprint density at radius 1 is 1.00 bits per heavy atom. The van der Waals surface area contributed by atoms with Crippen molar-refractivity contribution >= 4 is 23.4 Å². The lowest BCUT2D eigenvalue weighted by atomic mass is 9.88. The maximum atomic E-state index is 6.26. The van der Waals surface area contributed by atoms with E-state index < -0.39 is 0 Å². The van der Waals surface area contributed by atoms with Crippen LogP contribution in [0.15, 0.2) is 42.5 Å². The number of aryl methyl sites for hydroxylation is 1. The average molecular weight is 562 g/mol. The fraction of sp³-hybridized carbons (Fsp3) is 0.500. The number of ether oxygens (including phenoxy) is 2. The summed E-state index contributed by atoms with van der Waals surface area (Å²) in [7, 11) is 0. The van der Waals surface area contributed by atoms with E-state index in [1.807, 2.05) is 30.3 Å². The van der Waals surface area contributed by atoms with E-state index in [0.717, 1.165) is 104 Å². The number of nitrogens with zero attached hydrogens (tertiary/aromatic N) is 4. The van der Waals surface area contributed by atoms with Gasteiger partial charge in [0.2, 0.25) is 5.95 Å². The molecule has 1 aromatic heterocycles. The molecule has 0 spiro atoms. The van der Waals surface area contributed by atoms with Gasteiger partial charge in [-0.3, -0.25) is 4.90 Å². The number of anilines is 2. The first-order valence-corrected chi connectivity index (χ1v) is 15.1. The third kappa shape index (κ3) is 6.37. The van der Waals surface area contributed by atoms with Gasteiger partial charge in [-0.2, -0.15) is 4.98 Å². The third-order valence-corrected chi connectivity index (χ3v) is 8.93. The fourth-order valence-electron chi connectivity index (χ4n) is 6.41. The van der Waals surface area contributed by atoms with Crippen molar-refractivity contribution in [2.24, 2.45) is 11.8 Å². The molecule has 2 unspecified atom stereocenters. The van der Waals surface area contributed by atoms with Crippen LogP contribution in [0.2, 0.25) is 5.02 Å². The van der Waals surface area contributed by atoms with E-state index in [0.29, 0.717) is 12.6 Å². The summed E-state index contributed by atoms with van der Waals surface area (Å²) in [6.45, 7) is 9.50. The highest BCUT2D eigenvalue weighted by molar-refractivity contribution is 6.30. The Hall–Kier alpha value is -2.87. The van der Waals surface area contributed by atoms with E-state index in [9.17, 15) is 0 Å². The Balaban J connectivity index is 1.06. The molecule has 2 N–H and O–H groups in total. The molecule has 3 aliphatic rings. The van der Waals surface area contributed by atoms with Gasteiger partial charge >= 0.3 is 0 Å². The van der Waals surface area contributed by atoms with Crippen molar-refractivity contribution in [1.29, 1.82) is 0 Å². The average Bonchev–Trinajstić information content (AvgIpc) is 3.39. The van der Waals surface area contributed by atoms with E-state index in [-0.39, 0.29) is 0 Å². The van der Waals surface area contributed by atoms with E-state index in [1.165, 1.54) is 30.4 Å². The fourth-order valence-corrected chi connectivity index (χ4v) is 6.54. The van der Waals surface area contributed by atoms with Crippen molar-refractivity contribution in [2.45, 2.75) is 45.6 Å². The molecule has 0 amide bonds. The van der Waals surface area contributed by atoms with Crippen molar-refractivity contribution in [3.63, 3.8) is 0 Å². The SMILES string of the molecule is CC1CCC(COCCN2CCN(c3nc(N)nc4c3CCc3cc(OCc5ccc(Cl)cc5)ccc3-4)CC2)C1. The lowest BCUT2D eigenvalue weighted by Gasteiger charge is -2.37. The second kappa shape index (κ2) is 12.3. The lowest BCUT2D eigenvalue weighted by Crippen LogP contribution is -2.48. The molecule has 7 nitrogen and oxygen atoms in total. The molecule has 6 rings (SSSR count). The summed E-state index contributed by atoms with van der Waals surface area (Å²) in [5, 5.41) is 0.729. The van der Waals surface area contributed by atoms with Gasteiger partial charge in [0, 0.05) is 55.5 Å². The predicted octanol–water partition coefficient (Wildman–Crippen LogP) is 5.63. The number of halogens is 1. The van der Waals surface area contributed by atoms with Crippen LogP contribution in [0.5, 0.6) is 5.75 Å². The molecule has 2 aliphatic carbocycles. The minimum atomic E-state index is 0.335. The molecular weight excluding hydrogens is 522 g/mol. The zero-order valence-electron chi connectivity index (χ0n) is 23.4. The number of nitrogen functional groups attached to an aromatic ring is 1. The normalized spacial score (nSPS) is 20.8. The van der Waals surface area contributed by atoms with Crippen LogP contribution in [0.4, 0.5) is 11.8 Å². The van der Waals surface area contributed by atoms with E-state index in [1.54, 1.807) is 0 Å². The molecule has 8 heteroatoms. The van der Waals surface area contributed by atoms with Gasteiger partial charge in [0.1, 0.15) is 18.2 Å². The lowest BCUT2D eigenvalue weighted by molar-refractivity contribution is 0.0766. The quantitative estimate of drug-likeness (QED) is 0.339. The smallest absolute Gasteiger partial charge is 0.222 e. The van der Waals surface area contributed by atoms with Crippen molar-refractivity contribution in [3.8, 4) is 17.0 Å². The highest BCUT2D eigenvalue weighted by Crippen LogP contribution is 2.38. The van der Waals surface area contributed by atoms with E-state index in [2.05, 4.69) is 28.9 Å². The topological polar surface area (TPSA) is 76.7 Å². The second-order valence-electron chi connectivity index (χ2n) is 11.7. The van der Waals surface area contributed by atoms with Gasteiger partial charge in [0.15, 0.2) is 0 Å². The molecule has 2 atom stereocenters. The van der Waals surface area contributed by atoms with Crippen LogP contribution < -0.4 is 15.4 Å². The number of fused-ring (bicyclic) bond motifs is 3. The number of hydrogen-bond acceptors (Lipinski definition) is 7. The maximum absolute atomic E-state index is 6.26. The Morgan fingerprint density at radius 3 is 2.60 bits per heavy atom. The van der Waals surface area contributed by atoms with Gasteiger partial charge in [0.05, 0.1) is 12.3 Å². The standard InChI is InChI=1S/C32H40ClN5O2/c1-22-2-3-24(18-22)20-39-17-16-37-12-14-38(15-13-37)31-29-10-6-25-19-27(40-21-23-4-7-26(33)8-5-23)9-11-28(25)30(29)35-32(34)36-31/h4-5,7-9,11,19,22,24H,2-3,6,10,12-18,20-21H2,1H3,(H2,34,35,36). The zero-order valence-corrected chi connectivity index (χ0v) is 24.2. The molecular formula is C32H40ClN5O2. The van der Waals surface area contributed by atoms with Crippen molar-refractivity contribution in [3.05, 3.63) is 64.2 Å². The minimum Gasteiger partial charge on any atom is -0.489 e. The Kier molecular flexibility index (Phi) is 8.42. The summed E-state index contributed by atoms with van der Waals surface area (Å²) in [5.41, 5.74) is 11.9. The summed E-state index contributed by atoms with van der Waals surface area (Å²) in [6, 6.07) is 14.0. The highest BCUT2D eigenvalue weighted by atomic mass is 35.5. The molecule has 0 radical (unpaired) electrons. The van der Waals surface area contributed by atoms with Crippen LogP contribution in [-0.2, 0) is 24.2 Å². The number of piperazine rings is 1. The van der Waals surface area contributed by atoms with Crippen molar-refractivity contribution in [2.75, 3.05) is 56.6 Å². The minimum absolute atomic E-state index is 0.335. The number of benzene rings is 2. The summed E-state index contributed by atoms with van der Waals surface area (Å²) in [4.78, 5) is 14.3. The number of aromatic nitrogens is 2. The van der Waals surface area contributed by atoms with Crippen LogP contribution >= 0.6 is 11.6 Å². The van der Waals surface area contributed by atoms with Crippen LogP contribution in [0.1, 0.15) is 42.9 Å². The van der Waals surface area contributed by atoms with Gasteiger partial charge < -0.3 is 20.1 Å². The molecule has 1 saturated heterocycles. The largest absolute Gasteiger partial charge is 0.489 e. The number of hydrogen-bond donors (Lipinski definition) is 1. The zero-order chi connectivity index (χ0) is 27.5. The van der Waals surface area contributed by atoms with Crippen LogP contribution in [0.25, 0.3) is 11.3 Å². The van der Waals surface area contributed by atoms with Gasteiger partial charge in [-0.05, 0) is 79.0 Å². The Labute approximate surface area is 242 Å². The second-order valence-corrected chi connectivity index (χ2v) is 12.1. The Morgan fingerprint density at radius 2 is 1.82 bits per heavy atom. The number of nitrogens with two attached hydrogens (primary N) is 1. The van der Waals surface area contributed by atoms with E-state index >= 15 is 0 Å². The summed E-state index contributed by atoms with van der Waals surface area (Å²) >= 11 is 6.00. The molecule has 3 aromatic rings. The first-order valence-electron chi connectivity index (χ1n) is 14.7.